The van der Waals surface area contributed by atoms with Gasteiger partial charge >= 0.3 is 6.09 Å². The molecule has 2 aromatic heterocycles. The number of nitrogens with one attached hydrogen (secondary N) is 3. The summed E-state index contributed by atoms with van der Waals surface area (Å²) in [5, 5.41) is 4.80. The van der Waals surface area contributed by atoms with Gasteiger partial charge in [0.1, 0.15) is 22.8 Å². The van der Waals surface area contributed by atoms with E-state index in [1.54, 1.807) is 20.8 Å². The third kappa shape index (κ3) is 6.62. The maximum atomic E-state index is 14.6. The Bertz CT molecular complexity index is 1320. The quantitative estimate of drug-likeness (QED) is 0.443. The second-order valence-electron chi connectivity index (χ2n) is 8.48. The molecule has 0 spiro atoms. The van der Waals surface area contributed by atoms with Crippen molar-refractivity contribution in [3.05, 3.63) is 87.6 Å². The topological polar surface area (TPSA) is 122 Å². The van der Waals surface area contributed by atoms with Crippen molar-refractivity contribution in [2.75, 3.05) is 12.2 Å². The zero-order valence-corrected chi connectivity index (χ0v) is 19.5. The number of rotatable bonds is 7. The molecule has 0 aliphatic heterocycles. The molecule has 0 unspecified atom stereocenters. The Morgan fingerprint density at radius 1 is 1.14 bits per heavy atom. The van der Waals surface area contributed by atoms with Crippen molar-refractivity contribution in [3.63, 3.8) is 0 Å². The van der Waals surface area contributed by atoms with Gasteiger partial charge in [-0.15, -0.1) is 0 Å². The number of alkyl halides is 1. The Morgan fingerprint density at radius 2 is 1.89 bits per heavy atom. The summed E-state index contributed by atoms with van der Waals surface area (Å²) in [6.07, 6.45) is 1.46. The molecule has 3 N–H and O–H groups in total. The standard InChI is InChI=1S/C24H23F3N4O5/c1-24(2,3)36-23(34)30-17-10-14(11-29-22(17)33)21(32)31-19(20-15(26)5-4-8-28-20)13-6-7-18(35-12-25)16(27)9-13/h4-11,19H,12H2,1-3H3,(H,29,33)(H,30,34)(H,31,32)/t19-/m0/s1. The van der Waals surface area contributed by atoms with Gasteiger partial charge in [0, 0.05) is 12.4 Å². The molecule has 0 aliphatic rings. The van der Waals surface area contributed by atoms with Gasteiger partial charge in [-0.05, 0) is 56.7 Å². The SMILES string of the molecule is CC(C)(C)OC(=O)Nc1cc(C(=O)N[C@@H](c2ccc(OCF)c(F)c2)c2ncccc2F)c[nH]c1=O. The highest BCUT2D eigenvalue weighted by molar-refractivity contribution is 5.96. The molecule has 0 radical (unpaired) electrons. The molecule has 0 saturated heterocycles. The Kier molecular flexibility index (Phi) is 7.97. The molecular formula is C24H23F3N4O5. The van der Waals surface area contributed by atoms with Gasteiger partial charge in [-0.25, -0.2) is 18.0 Å². The zero-order chi connectivity index (χ0) is 26.5. The van der Waals surface area contributed by atoms with Crippen molar-refractivity contribution in [2.45, 2.75) is 32.4 Å². The fraction of sp³-hybridized carbons (Fsp3) is 0.250. The molecule has 0 aliphatic carbocycles. The lowest BCUT2D eigenvalue weighted by atomic mass is 10.0. The third-order valence-corrected chi connectivity index (χ3v) is 4.64. The summed E-state index contributed by atoms with van der Waals surface area (Å²) in [6, 6.07) is 5.67. The van der Waals surface area contributed by atoms with E-state index in [-0.39, 0.29) is 28.3 Å². The van der Waals surface area contributed by atoms with Crippen molar-refractivity contribution in [1.29, 1.82) is 0 Å². The highest BCUT2D eigenvalue weighted by Crippen LogP contribution is 2.27. The Labute approximate surface area is 203 Å². The van der Waals surface area contributed by atoms with Crippen LogP contribution in [0.2, 0.25) is 0 Å². The van der Waals surface area contributed by atoms with Gasteiger partial charge in [-0.3, -0.25) is 19.9 Å². The van der Waals surface area contributed by atoms with Crippen LogP contribution in [0, 0.1) is 11.6 Å². The van der Waals surface area contributed by atoms with Crippen LogP contribution in [0.1, 0.15) is 48.4 Å². The highest BCUT2D eigenvalue weighted by Gasteiger charge is 2.24. The Balaban J connectivity index is 1.93. The first-order valence-electron chi connectivity index (χ1n) is 10.6. The van der Waals surface area contributed by atoms with Crippen LogP contribution < -0.4 is 20.9 Å². The monoisotopic (exact) mass is 504 g/mol. The number of carbonyl (C=O) groups is 2. The van der Waals surface area contributed by atoms with Crippen molar-refractivity contribution in [3.8, 4) is 5.75 Å². The van der Waals surface area contributed by atoms with Crippen molar-refractivity contribution in [1.82, 2.24) is 15.3 Å². The molecule has 9 nitrogen and oxygen atoms in total. The highest BCUT2D eigenvalue weighted by atomic mass is 19.1. The minimum atomic E-state index is -1.28. The van der Waals surface area contributed by atoms with Crippen LogP contribution in [0.3, 0.4) is 0 Å². The lowest BCUT2D eigenvalue weighted by Crippen LogP contribution is -2.32. The number of aromatic nitrogens is 2. The number of halogens is 3. The van der Waals surface area contributed by atoms with E-state index >= 15 is 0 Å². The first-order valence-corrected chi connectivity index (χ1v) is 10.6. The molecule has 3 rings (SSSR count). The second-order valence-corrected chi connectivity index (χ2v) is 8.48. The minimum absolute atomic E-state index is 0.0844. The van der Waals surface area contributed by atoms with Crippen molar-refractivity contribution in [2.24, 2.45) is 0 Å². The lowest BCUT2D eigenvalue weighted by Gasteiger charge is -2.21. The van der Waals surface area contributed by atoms with Crippen LogP contribution in [-0.4, -0.2) is 34.4 Å². The molecule has 2 amide bonds. The van der Waals surface area contributed by atoms with Gasteiger partial charge in [0.25, 0.3) is 11.5 Å². The number of carbonyl (C=O) groups excluding carboxylic acids is 2. The molecule has 1 aromatic carbocycles. The summed E-state index contributed by atoms with van der Waals surface area (Å²) in [7, 11) is 0. The first kappa shape index (κ1) is 26.3. The Hall–Kier alpha value is -4.35. The largest absolute Gasteiger partial charge is 0.460 e. The van der Waals surface area contributed by atoms with E-state index in [1.165, 1.54) is 18.3 Å². The zero-order valence-electron chi connectivity index (χ0n) is 19.5. The van der Waals surface area contributed by atoms with E-state index in [0.717, 1.165) is 30.5 Å². The number of H-pyrrole nitrogens is 1. The van der Waals surface area contributed by atoms with Gasteiger partial charge in [0.05, 0.1) is 11.6 Å². The van der Waals surface area contributed by atoms with Gasteiger partial charge in [-0.1, -0.05) is 6.07 Å². The first-order chi connectivity index (χ1) is 17.0. The number of nitrogens with zero attached hydrogens (tertiary/aromatic N) is 1. The van der Waals surface area contributed by atoms with Crippen LogP contribution in [-0.2, 0) is 4.74 Å². The number of anilines is 1. The van der Waals surface area contributed by atoms with Crippen LogP contribution in [0.15, 0.2) is 53.6 Å². The number of amides is 2. The van der Waals surface area contributed by atoms with Crippen molar-refractivity contribution < 1.29 is 32.2 Å². The molecule has 0 fully saturated rings. The maximum absolute atomic E-state index is 14.6. The lowest BCUT2D eigenvalue weighted by molar-refractivity contribution is 0.0635. The average Bonchev–Trinajstić information content (AvgIpc) is 2.79. The molecular weight excluding hydrogens is 481 g/mol. The van der Waals surface area contributed by atoms with Gasteiger partial charge in [-0.2, -0.15) is 0 Å². The smallest absolute Gasteiger partial charge is 0.412 e. The molecule has 0 bridgehead atoms. The van der Waals surface area contributed by atoms with E-state index in [9.17, 15) is 27.6 Å². The van der Waals surface area contributed by atoms with E-state index in [4.69, 9.17) is 4.74 Å². The summed E-state index contributed by atoms with van der Waals surface area (Å²) in [5.74, 6) is -2.89. The summed E-state index contributed by atoms with van der Waals surface area (Å²) >= 11 is 0. The number of pyridine rings is 2. The fourth-order valence-corrected chi connectivity index (χ4v) is 3.13. The number of ether oxygens (including phenoxy) is 2. The average molecular weight is 504 g/mol. The normalized spacial score (nSPS) is 11.9. The number of aromatic amines is 1. The van der Waals surface area contributed by atoms with E-state index in [0.29, 0.717) is 0 Å². The molecule has 190 valence electrons. The fourth-order valence-electron chi connectivity index (χ4n) is 3.13. The van der Waals surface area contributed by atoms with E-state index < -0.39 is 47.7 Å². The van der Waals surface area contributed by atoms with Crippen LogP contribution in [0.4, 0.5) is 23.7 Å². The van der Waals surface area contributed by atoms with E-state index in [2.05, 4.69) is 25.3 Å². The molecule has 1 atom stereocenters. The number of hydrogen-bond donors (Lipinski definition) is 3. The molecule has 3 aromatic rings. The van der Waals surface area contributed by atoms with Gasteiger partial charge < -0.3 is 19.8 Å². The van der Waals surface area contributed by atoms with Gasteiger partial charge in [0.15, 0.2) is 11.6 Å². The third-order valence-electron chi connectivity index (χ3n) is 4.64. The Morgan fingerprint density at radius 3 is 2.53 bits per heavy atom. The maximum Gasteiger partial charge on any atom is 0.412 e. The molecule has 36 heavy (non-hydrogen) atoms. The summed E-state index contributed by atoms with van der Waals surface area (Å²) in [5.41, 5.74) is -2.04. The van der Waals surface area contributed by atoms with Crippen LogP contribution in [0.25, 0.3) is 0 Å². The summed E-state index contributed by atoms with van der Waals surface area (Å²) in [6.45, 7) is 3.65. The summed E-state index contributed by atoms with van der Waals surface area (Å²) < 4.78 is 51.1. The second kappa shape index (κ2) is 10.9. The van der Waals surface area contributed by atoms with Crippen LogP contribution >= 0.6 is 0 Å². The summed E-state index contributed by atoms with van der Waals surface area (Å²) in [4.78, 5) is 43.5. The number of hydrogen-bond acceptors (Lipinski definition) is 6. The molecule has 0 saturated carbocycles. The predicted molar refractivity (Wildman–Crippen MR) is 123 cm³/mol. The van der Waals surface area contributed by atoms with Gasteiger partial charge in [0.2, 0.25) is 6.86 Å². The number of benzene rings is 1. The minimum Gasteiger partial charge on any atom is -0.460 e. The van der Waals surface area contributed by atoms with Crippen LogP contribution in [0.5, 0.6) is 5.75 Å². The van der Waals surface area contributed by atoms with Crippen molar-refractivity contribution >= 4 is 17.7 Å². The van der Waals surface area contributed by atoms with E-state index in [1.807, 2.05) is 0 Å². The molecule has 2 heterocycles. The molecule has 12 heteroatoms. The predicted octanol–water partition coefficient (Wildman–Crippen LogP) is 4.22.